The van der Waals surface area contributed by atoms with Crippen molar-refractivity contribution in [3.63, 3.8) is 0 Å². The summed E-state index contributed by atoms with van der Waals surface area (Å²) in [5, 5.41) is 22.0. The third-order valence-electron chi connectivity index (χ3n) is 12.6. The van der Waals surface area contributed by atoms with E-state index in [4.69, 9.17) is 20.3 Å². The number of rotatable bonds is 20. The zero-order valence-electron chi connectivity index (χ0n) is 39.0. The number of carbonyl (C=O) groups excluding carboxylic acids is 5. The van der Waals surface area contributed by atoms with Crippen LogP contribution >= 0.6 is 0 Å². The van der Waals surface area contributed by atoms with Crippen molar-refractivity contribution in [3.8, 4) is 0 Å². The second kappa shape index (κ2) is 26.0. The summed E-state index contributed by atoms with van der Waals surface area (Å²) >= 11 is 0. The van der Waals surface area contributed by atoms with Crippen molar-refractivity contribution in [2.45, 2.75) is 181 Å². The minimum absolute atomic E-state index is 0.00338. The molecule has 334 valence electrons. The van der Waals surface area contributed by atoms with Crippen LogP contribution in [0.5, 0.6) is 0 Å². The van der Waals surface area contributed by atoms with Gasteiger partial charge in [-0.25, -0.2) is 0 Å². The van der Waals surface area contributed by atoms with Crippen LogP contribution in [0.15, 0.2) is 0 Å². The molecule has 2 aliphatic heterocycles. The second-order valence-electron chi connectivity index (χ2n) is 19.3. The first-order valence-corrected chi connectivity index (χ1v) is 22.2. The van der Waals surface area contributed by atoms with Crippen molar-refractivity contribution in [3.05, 3.63) is 0 Å². The van der Waals surface area contributed by atoms with Crippen molar-refractivity contribution < 1.29 is 43.7 Å². The second-order valence-corrected chi connectivity index (χ2v) is 19.3. The van der Waals surface area contributed by atoms with Crippen molar-refractivity contribution in [2.75, 3.05) is 0 Å². The molecule has 0 aromatic carbocycles. The molecule has 0 radical (unpaired) electrons. The van der Waals surface area contributed by atoms with Gasteiger partial charge >= 0.3 is 23.9 Å². The fourth-order valence-electron chi connectivity index (χ4n) is 8.81. The number of nitrogens with one attached hydrogen (secondary N) is 1. The number of aliphatic hydroxyl groups excluding tert-OH is 2. The van der Waals surface area contributed by atoms with Crippen molar-refractivity contribution in [1.82, 2.24) is 5.32 Å². The molecule has 2 aliphatic rings. The number of hydrogen-bond donors (Lipinski definition) is 4. The molecule has 0 aromatic rings. The molecule has 11 nitrogen and oxygen atoms in total. The molecular weight excluding hydrogens is 725 g/mol. The molecule has 11 heteroatoms. The number of amides is 1. The van der Waals surface area contributed by atoms with Crippen molar-refractivity contribution in [1.29, 1.82) is 0 Å². The van der Waals surface area contributed by atoms with E-state index >= 15 is 0 Å². The smallest absolute Gasteiger partial charge is 0.317 e. The maximum atomic E-state index is 13.0. The van der Waals surface area contributed by atoms with Gasteiger partial charge in [0, 0.05) is 12.0 Å². The summed E-state index contributed by atoms with van der Waals surface area (Å²) < 4.78 is 9.50. The third kappa shape index (κ3) is 17.8. The number of aliphatic hydroxyl groups is 2. The molecule has 2 saturated heterocycles. The highest BCUT2D eigenvalue weighted by Crippen LogP contribution is 2.38. The minimum Gasteiger partial charge on any atom is -0.393 e. The van der Waals surface area contributed by atoms with Crippen LogP contribution in [0.3, 0.4) is 0 Å². The Hall–Kier alpha value is -2.37. The van der Waals surface area contributed by atoms with E-state index in [2.05, 4.69) is 53.8 Å². The molecule has 1 amide bonds. The fraction of sp³-hybridized carbons (Fsp3) is 0.891. The van der Waals surface area contributed by atoms with Gasteiger partial charge in [0.2, 0.25) is 5.91 Å². The number of esters is 4. The highest BCUT2D eigenvalue weighted by molar-refractivity contribution is 5.97. The predicted molar refractivity (Wildman–Crippen MR) is 227 cm³/mol. The number of nitrogens with two attached hydrogens (primary N) is 1. The van der Waals surface area contributed by atoms with Crippen LogP contribution in [0.25, 0.3) is 0 Å². The number of carbonyl (C=O) groups is 5. The number of hydrogen-bond acceptors (Lipinski definition) is 10. The van der Waals surface area contributed by atoms with Gasteiger partial charge in [-0.1, -0.05) is 110 Å². The number of ether oxygens (including phenoxy) is 2. The zero-order valence-corrected chi connectivity index (χ0v) is 39.0. The quantitative estimate of drug-likeness (QED) is 0.0695. The molecular formula is C46H86N2O9. The molecule has 0 spiro atoms. The molecule has 14 atom stereocenters. The lowest BCUT2D eigenvalue weighted by molar-refractivity contribution is -0.155. The van der Waals surface area contributed by atoms with Gasteiger partial charge in [-0.3, -0.25) is 24.0 Å². The van der Waals surface area contributed by atoms with E-state index in [0.29, 0.717) is 42.9 Å². The summed E-state index contributed by atoms with van der Waals surface area (Å²) in [5.41, 5.74) is 5.51. The molecule has 0 bridgehead atoms. The van der Waals surface area contributed by atoms with Crippen LogP contribution in [0.1, 0.15) is 156 Å². The Labute approximate surface area is 347 Å². The van der Waals surface area contributed by atoms with Crippen molar-refractivity contribution in [2.24, 2.45) is 88.6 Å². The lowest BCUT2D eigenvalue weighted by Gasteiger charge is -2.33. The van der Waals surface area contributed by atoms with E-state index in [-0.39, 0.29) is 47.8 Å². The summed E-state index contributed by atoms with van der Waals surface area (Å²) in [6.07, 6.45) is 4.14. The maximum absolute atomic E-state index is 13.0. The Morgan fingerprint density at radius 1 is 0.614 bits per heavy atom. The third-order valence-corrected chi connectivity index (χ3v) is 12.6. The molecule has 14 unspecified atom stereocenters. The molecule has 2 heterocycles. The van der Waals surface area contributed by atoms with E-state index in [1.807, 2.05) is 55.4 Å². The number of cyclic esters (lactones) is 4. The minimum atomic E-state index is -0.530. The molecule has 0 aliphatic carbocycles. The van der Waals surface area contributed by atoms with Crippen molar-refractivity contribution >= 4 is 29.8 Å². The average Bonchev–Trinajstić information content (AvgIpc) is 3.52. The SMILES string of the molecule is CC(C)C(N)C(C)O.CCC(C)C(C)CC(C)CC(C)C(C(=O)NC(C(C)C)C(C)O)C(C)C.CCC1C(=O)OC(=O)C1CC(C)CC1C(=O)OC(=O)C1C(C)C. The van der Waals surface area contributed by atoms with Gasteiger partial charge in [0.15, 0.2) is 0 Å². The van der Waals surface area contributed by atoms with Gasteiger partial charge in [-0.05, 0) is 99.2 Å². The Balaban J connectivity index is 0.000000927. The topological polar surface area (TPSA) is 182 Å². The monoisotopic (exact) mass is 811 g/mol. The van der Waals surface area contributed by atoms with Crippen LogP contribution in [-0.2, 0) is 33.4 Å². The molecule has 2 rings (SSSR count). The van der Waals surface area contributed by atoms with Gasteiger partial charge in [-0.15, -0.1) is 0 Å². The van der Waals surface area contributed by atoms with Gasteiger partial charge in [-0.2, -0.15) is 0 Å². The van der Waals surface area contributed by atoms with E-state index in [1.54, 1.807) is 13.8 Å². The van der Waals surface area contributed by atoms with E-state index in [1.165, 1.54) is 12.8 Å². The van der Waals surface area contributed by atoms with Crippen LogP contribution in [0.4, 0.5) is 0 Å². The van der Waals surface area contributed by atoms with Gasteiger partial charge < -0.3 is 30.7 Å². The standard InChI is InChI=1S/C23H47NO2.C17H24O6.C6H15NO/c1-11-17(7)18(8)12-16(6)13-19(9)21(14(2)3)23(26)24-22(15(4)5)20(10)25;1-5-10-11(15(19)22-14(10)18)6-9(4)7-12-13(8(2)3)17(21)23-16(12)20;1-4(2)6(7)5(3)8/h14-22,25H,11-13H2,1-10H3,(H,24,26);8-13H,5-7H2,1-4H3;4-6,8H,7H2,1-3H3. The summed E-state index contributed by atoms with van der Waals surface area (Å²) in [4.78, 5) is 60.1. The highest BCUT2D eigenvalue weighted by Gasteiger charge is 2.48. The lowest BCUT2D eigenvalue weighted by atomic mass is 9.76. The first-order valence-electron chi connectivity index (χ1n) is 22.2. The van der Waals surface area contributed by atoms with Crippen LogP contribution in [0.2, 0.25) is 0 Å². The first-order chi connectivity index (χ1) is 26.2. The van der Waals surface area contributed by atoms with Gasteiger partial charge in [0.05, 0.1) is 41.9 Å². The van der Waals surface area contributed by atoms with E-state index in [0.717, 1.165) is 18.3 Å². The molecule has 0 aromatic heterocycles. The summed E-state index contributed by atoms with van der Waals surface area (Å²) in [5.74, 6) is -0.119. The summed E-state index contributed by atoms with van der Waals surface area (Å²) in [6, 6.07) is -0.256. The van der Waals surface area contributed by atoms with Gasteiger partial charge in [0.1, 0.15) is 0 Å². The summed E-state index contributed by atoms with van der Waals surface area (Å²) in [7, 11) is 0. The zero-order chi connectivity index (χ0) is 44.6. The Morgan fingerprint density at radius 2 is 1.09 bits per heavy atom. The van der Waals surface area contributed by atoms with Gasteiger partial charge in [0.25, 0.3) is 0 Å². The van der Waals surface area contributed by atoms with E-state index < -0.39 is 53.7 Å². The fourth-order valence-corrected chi connectivity index (χ4v) is 8.81. The lowest BCUT2D eigenvalue weighted by Crippen LogP contribution is -2.49. The van der Waals surface area contributed by atoms with Crippen LogP contribution in [-0.4, -0.2) is 64.3 Å². The largest absolute Gasteiger partial charge is 0.393 e. The highest BCUT2D eigenvalue weighted by atomic mass is 16.6. The van der Waals surface area contributed by atoms with Crippen LogP contribution in [0, 0.1) is 82.9 Å². The molecule has 57 heavy (non-hydrogen) atoms. The Bertz CT molecular complexity index is 1220. The first kappa shape index (κ1) is 54.6. The average molecular weight is 811 g/mol. The maximum Gasteiger partial charge on any atom is 0.317 e. The Morgan fingerprint density at radius 3 is 1.49 bits per heavy atom. The molecule has 0 saturated carbocycles. The molecule has 2 fully saturated rings. The normalized spacial score (nSPS) is 25.0. The van der Waals surface area contributed by atoms with Crippen LogP contribution < -0.4 is 11.1 Å². The Kier molecular flexibility index (Phi) is 24.9. The molecule has 5 N–H and O–H groups in total. The predicted octanol–water partition coefficient (Wildman–Crippen LogP) is 7.97. The summed E-state index contributed by atoms with van der Waals surface area (Å²) in [6.45, 7) is 34.9. The van der Waals surface area contributed by atoms with E-state index in [9.17, 15) is 29.1 Å².